The molecule has 3 rings (SSSR count). The molecule has 0 fully saturated rings. The normalized spacial score (nSPS) is 10.1. The number of nitrogens with zero attached hydrogens (tertiary/aromatic N) is 3. The zero-order chi connectivity index (χ0) is 19.1. The first-order valence-corrected chi connectivity index (χ1v) is 9.90. The van der Waals surface area contributed by atoms with Gasteiger partial charge >= 0.3 is 0 Å². The summed E-state index contributed by atoms with van der Waals surface area (Å²) in [7, 11) is 0. The Morgan fingerprint density at radius 3 is 2.23 bits per heavy atom. The van der Waals surface area contributed by atoms with Gasteiger partial charge in [0, 0.05) is 18.0 Å². The number of rotatable bonds is 4. The maximum absolute atomic E-state index is 6.18. The van der Waals surface area contributed by atoms with Crippen molar-refractivity contribution in [2.45, 2.75) is 19.0 Å². The molecule has 2 heterocycles. The van der Waals surface area contributed by atoms with Gasteiger partial charge in [0.05, 0.1) is 21.3 Å². The van der Waals surface area contributed by atoms with Crippen LogP contribution in [0.4, 0.5) is 5.82 Å². The number of aromatic nitrogens is 3. The van der Waals surface area contributed by atoms with E-state index in [4.69, 9.17) is 29.0 Å². The molecule has 0 spiro atoms. The van der Waals surface area contributed by atoms with E-state index in [-0.39, 0.29) is 0 Å². The van der Waals surface area contributed by atoms with Crippen molar-refractivity contribution in [2.75, 3.05) is 11.7 Å². The van der Waals surface area contributed by atoms with Gasteiger partial charge in [-0.1, -0.05) is 54.9 Å². The second-order valence-corrected chi connectivity index (χ2v) is 6.38. The third kappa shape index (κ3) is 4.45. The lowest BCUT2D eigenvalue weighted by Crippen LogP contribution is -2.12. The van der Waals surface area contributed by atoms with Gasteiger partial charge in [0.15, 0.2) is 11.0 Å². The van der Waals surface area contributed by atoms with E-state index in [1.54, 1.807) is 24.5 Å². The van der Waals surface area contributed by atoms with E-state index < -0.39 is 0 Å². The van der Waals surface area contributed by atoms with Crippen LogP contribution in [0.25, 0.3) is 22.4 Å². The molecule has 0 bridgehead atoms. The fourth-order valence-electron chi connectivity index (χ4n) is 2.28. The second kappa shape index (κ2) is 9.73. The maximum Gasteiger partial charge on any atom is 0.189 e. The number of nitrogens with one attached hydrogen (secondary N) is 1. The van der Waals surface area contributed by atoms with Gasteiger partial charge in [0.25, 0.3) is 0 Å². The Kier molecular flexibility index (Phi) is 7.66. The minimum Gasteiger partial charge on any atom is -0.308 e. The molecule has 1 aromatic carbocycles. The summed E-state index contributed by atoms with van der Waals surface area (Å²) in [5.41, 5.74) is 5.87. The smallest absolute Gasteiger partial charge is 0.189 e. The quantitative estimate of drug-likeness (QED) is 0.255. The predicted molar refractivity (Wildman–Crippen MR) is 112 cm³/mol. The van der Waals surface area contributed by atoms with Gasteiger partial charge in [-0.15, -0.1) is 0 Å². The Labute approximate surface area is 167 Å². The van der Waals surface area contributed by atoms with Crippen LogP contribution < -0.4 is 11.3 Å². The molecule has 2 aromatic heterocycles. The Bertz CT molecular complexity index is 875. The molecule has 3 N–H and O–H groups in total. The van der Waals surface area contributed by atoms with Crippen molar-refractivity contribution in [1.82, 2.24) is 15.0 Å². The molecule has 0 amide bonds. The minimum atomic E-state index is 0.451. The van der Waals surface area contributed by atoms with E-state index >= 15 is 0 Å². The number of anilines is 1. The van der Waals surface area contributed by atoms with E-state index in [1.165, 1.54) is 11.8 Å². The summed E-state index contributed by atoms with van der Waals surface area (Å²) in [6.07, 6.45) is 5.33. The lowest BCUT2D eigenvalue weighted by atomic mass is 10.0. The van der Waals surface area contributed by atoms with Crippen LogP contribution in [0.5, 0.6) is 0 Å². The van der Waals surface area contributed by atoms with Crippen LogP contribution in [0.3, 0.4) is 0 Å². The van der Waals surface area contributed by atoms with Crippen LogP contribution in [0, 0.1) is 0 Å². The molecule has 0 unspecified atom stereocenters. The van der Waals surface area contributed by atoms with Crippen molar-refractivity contribution < 1.29 is 0 Å². The average Bonchev–Trinajstić information content (AvgIpc) is 2.71. The number of nitrogens with two attached hydrogens (primary N) is 1. The first kappa shape index (κ1) is 20.5. The zero-order valence-corrected chi connectivity index (χ0v) is 17.0. The van der Waals surface area contributed by atoms with Crippen molar-refractivity contribution in [3.63, 3.8) is 0 Å². The fourth-order valence-corrected chi connectivity index (χ4v) is 2.94. The van der Waals surface area contributed by atoms with Crippen LogP contribution in [-0.4, -0.2) is 21.2 Å². The van der Waals surface area contributed by atoms with Gasteiger partial charge in [-0.3, -0.25) is 4.98 Å². The molecule has 26 heavy (non-hydrogen) atoms. The summed E-state index contributed by atoms with van der Waals surface area (Å²) in [4.78, 5) is 13.2. The van der Waals surface area contributed by atoms with Crippen LogP contribution in [0.15, 0.2) is 47.9 Å². The fraction of sp³-hybridized carbons (Fsp3) is 0.167. The summed E-state index contributed by atoms with van der Waals surface area (Å²) in [6.45, 7) is 4.00. The number of hydrogen-bond acceptors (Lipinski definition) is 6. The lowest BCUT2D eigenvalue weighted by molar-refractivity contribution is 0.974. The monoisotopic (exact) mass is 407 g/mol. The highest BCUT2D eigenvalue weighted by atomic mass is 35.5. The average molecular weight is 408 g/mol. The summed E-state index contributed by atoms with van der Waals surface area (Å²) in [5.74, 6) is 6.22. The molecule has 0 radical (unpaired) electrons. The molecule has 5 nitrogen and oxygen atoms in total. The van der Waals surface area contributed by atoms with Crippen molar-refractivity contribution in [1.29, 1.82) is 0 Å². The molecule has 3 aromatic rings. The van der Waals surface area contributed by atoms with Gasteiger partial charge in [0.2, 0.25) is 0 Å². The van der Waals surface area contributed by atoms with E-state index in [0.717, 1.165) is 22.4 Å². The van der Waals surface area contributed by atoms with Crippen molar-refractivity contribution in [3.05, 3.63) is 52.8 Å². The molecule has 0 aliphatic carbocycles. The number of pyridine rings is 1. The molecule has 0 saturated carbocycles. The Morgan fingerprint density at radius 2 is 1.65 bits per heavy atom. The molecule has 136 valence electrons. The van der Waals surface area contributed by atoms with Crippen LogP contribution >= 0.6 is 35.0 Å². The highest BCUT2D eigenvalue weighted by Gasteiger charge is 2.18. The van der Waals surface area contributed by atoms with Crippen molar-refractivity contribution in [2.24, 2.45) is 5.84 Å². The first-order valence-electron chi connectivity index (χ1n) is 7.92. The molecule has 0 aliphatic heterocycles. The zero-order valence-electron chi connectivity index (χ0n) is 14.6. The third-order valence-electron chi connectivity index (χ3n) is 3.37. The van der Waals surface area contributed by atoms with Crippen LogP contribution in [0.2, 0.25) is 10.0 Å². The summed E-state index contributed by atoms with van der Waals surface area (Å²) < 4.78 is 0. The second-order valence-electron chi connectivity index (χ2n) is 4.79. The largest absolute Gasteiger partial charge is 0.308 e. The van der Waals surface area contributed by atoms with Gasteiger partial charge in [-0.2, -0.15) is 0 Å². The Morgan fingerprint density at radius 1 is 0.962 bits per heavy atom. The number of hydrazine groups is 1. The topological polar surface area (TPSA) is 76.7 Å². The number of halogens is 2. The number of nitrogen functional groups attached to an aromatic ring is 1. The first-order chi connectivity index (χ1) is 12.6. The SMILES string of the molecule is CC.CSc1nc(NN)c(-c2ccc(Cl)c(Cl)c2)c(-c2ccncc2)n1. The van der Waals surface area contributed by atoms with Gasteiger partial charge in [-0.25, -0.2) is 15.8 Å². The van der Waals surface area contributed by atoms with Gasteiger partial charge in [0.1, 0.15) is 0 Å². The molecular formula is C18H19Cl2N5S. The molecular weight excluding hydrogens is 389 g/mol. The van der Waals surface area contributed by atoms with Crippen LogP contribution in [-0.2, 0) is 0 Å². The maximum atomic E-state index is 6.18. The highest BCUT2D eigenvalue weighted by molar-refractivity contribution is 7.98. The van der Waals surface area contributed by atoms with Gasteiger partial charge in [-0.05, 0) is 36.1 Å². The van der Waals surface area contributed by atoms with E-state index in [1.807, 2.05) is 38.3 Å². The molecule has 0 saturated heterocycles. The highest BCUT2D eigenvalue weighted by Crippen LogP contribution is 2.38. The third-order valence-corrected chi connectivity index (χ3v) is 4.66. The molecule has 0 aliphatic rings. The van der Waals surface area contributed by atoms with Crippen molar-refractivity contribution >= 4 is 40.8 Å². The van der Waals surface area contributed by atoms with E-state index in [2.05, 4.69) is 20.4 Å². The van der Waals surface area contributed by atoms with E-state index in [0.29, 0.717) is 21.0 Å². The lowest BCUT2D eigenvalue weighted by Gasteiger charge is -2.15. The number of thioether (sulfide) groups is 1. The summed E-state index contributed by atoms with van der Waals surface area (Å²) in [5, 5.41) is 1.54. The Balaban J connectivity index is 0.00000117. The molecule has 0 atom stereocenters. The van der Waals surface area contributed by atoms with Gasteiger partial charge < -0.3 is 5.43 Å². The van der Waals surface area contributed by atoms with Crippen molar-refractivity contribution in [3.8, 4) is 22.4 Å². The van der Waals surface area contributed by atoms with E-state index in [9.17, 15) is 0 Å². The summed E-state index contributed by atoms with van der Waals surface area (Å²) in [6, 6.07) is 9.13. The number of hydrogen-bond donors (Lipinski definition) is 2. The minimum absolute atomic E-state index is 0.451. The predicted octanol–water partition coefficient (Wildman–Crippen LogP) is 5.55. The standard InChI is InChI=1S/C16H13Cl2N5S.C2H6/c1-24-16-21-14(9-4-6-20-7-5-9)13(15(22-16)23-19)10-2-3-11(17)12(18)8-10;1-2/h2-8H,19H2,1H3,(H,21,22,23);1-2H3. The van der Waals surface area contributed by atoms with Crippen LogP contribution in [0.1, 0.15) is 13.8 Å². The number of benzene rings is 1. The Hall–Kier alpha value is -1.86. The summed E-state index contributed by atoms with van der Waals surface area (Å²) >= 11 is 13.6. The molecule has 8 heteroatoms.